The first-order valence-corrected chi connectivity index (χ1v) is 11.2. The molecule has 1 aromatic carbocycles. The van der Waals surface area contributed by atoms with Crippen molar-refractivity contribution >= 4 is 44.7 Å². The Kier molecular flexibility index (Phi) is 6.31. The SMILES string of the molecule is O=C(CCC(=O)N1CCN(S(=O)(=O)c2ccccc2Cl)CC1)c1cccs1. The van der Waals surface area contributed by atoms with Crippen molar-refractivity contribution in [1.29, 1.82) is 0 Å². The second-order valence-electron chi connectivity index (χ2n) is 6.12. The highest BCUT2D eigenvalue weighted by atomic mass is 35.5. The van der Waals surface area contributed by atoms with Crippen molar-refractivity contribution in [3.63, 3.8) is 0 Å². The van der Waals surface area contributed by atoms with Crippen molar-refractivity contribution < 1.29 is 18.0 Å². The zero-order valence-corrected chi connectivity index (χ0v) is 16.9. The lowest BCUT2D eigenvalue weighted by Gasteiger charge is -2.34. The number of piperazine rings is 1. The Morgan fingerprint density at radius 2 is 1.70 bits per heavy atom. The lowest BCUT2D eigenvalue weighted by Crippen LogP contribution is -2.50. The molecule has 2 heterocycles. The Bertz CT molecular complexity index is 921. The summed E-state index contributed by atoms with van der Waals surface area (Å²) in [5, 5.41) is 2.01. The number of nitrogens with zero attached hydrogens (tertiary/aromatic N) is 2. The molecule has 1 saturated heterocycles. The van der Waals surface area contributed by atoms with Crippen LogP contribution < -0.4 is 0 Å². The molecule has 144 valence electrons. The second kappa shape index (κ2) is 8.52. The van der Waals surface area contributed by atoms with Crippen molar-refractivity contribution in [2.45, 2.75) is 17.7 Å². The van der Waals surface area contributed by atoms with Crippen LogP contribution >= 0.6 is 22.9 Å². The standard InChI is InChI=1S/C18H19ClN2O4S2/c19-14-4-1-2-6-17(14)27(24,25)21-11-9-20(10-12-21)18(23)8-7-15(22)16-5-3-13-26-16/h1-6,13H,7-12H2. The van der Waals surface area contributed by atoms with Gasteiger partial charge in [0.25, 0.3) is 0 Å². The van der Waals surface area contributed by atoms with Crippen LogP contribution in [0, 0.1) is 0 Å². The van der Waals surface area contributed by atoms with Crippen LogP contribution in [0.2, 0.25) is 5.02 Å². The van der Waals surface area contributed by atoms with Gasteiger partial charge < -0.3 is 4.90 Å². The number of carbonyl (C=O) groups is 2. The van der Waals surface area contributed by atoms with Crippen LogP contribution in [0.15, 0.2) is 46.7 Å². The third-order valence-corrected chi connectivity index (χ3v) is 7.72. The summed E-state index contributed by atoms with van der Waals surface area (Å²) in [5.74, 6) is -0.173. The van der Waals surface area contributed by atoms with E-state index in [1.165, 1.54) is 21.7 Å². The highest BCUT2D eigenvalue weighted by Gasteiger charge is 2.31. The Labute approximate surface area is 167 Å². The van der Waals surface area contributed by atoms with E-state index in [0.717, 1.165) is 0 Å². The number of halogens is 1. The molecule has 3 rings (SSSR count). The minimum absolute atomic E-state index is 0.0433. The highest BCUT2D eigenvalue weighted by molar-refractivity contribution is 7.89. The molecule has 6 nitrogen and oxygen atoms in total. The predicted octanol–water partition coefficient (Wildman–Crippen LogP) is 2.90. The normalized spacial score (nSPS) is 15.7. The van der Waals surface area contributed by atoms with Gasteiger partial charge in [0.1, 0.15) is 4.90 Å². The molecule has 0 saturated carbocycles. The zero-order chi connectivity index (χ0) is 19.4. The van der Waals surface area contributed by atoms with Gasteiger partial charge in [-0.05, 0) is 23.6 Å². The quantitative estimate of drug-likeness (QED) is 0.665. The van der Waals surface area contributed by atoms with E-state index in [-0.39, 0.29) is 47.5 Å². The summed E-state index contributed by atoms with van der Waals surface area (Å²) in [6.45, 7) is 1.02. The first kappa shape index (κ1) is 20.0. The van der Waals surface area contributed by atoms with E-state index in [1.54, 1.807) is 35.2 Å². The first-order valence-electron chi connectivity index (χ1n) is 8.49. The number of hydrogen-bond donors (Lipinski definition) is 0. The lowest BCUT2D eigenvalue weighted by molar-refractivity contribution is -0.132. The number of benzene rings is 1. The van der Waals surface area contributed by atoms with Gasteiger partial charge in [-0.2, -0.15) is 4.31 Å². The van der Waals surface area contributed by atoms with Crippen LogP contribution in [0.3, 0.4) is 0 Å². The molecular weight excluding hydrogens is 408 g/mol. The number of sulfonamides is 1. The maximum absolute atomic E-state index is 12.7. The van der Waals surface area contributed by atoms with Crippen molar-refractivity contribution in [2.24, 2.45) is 0 Å². The second-order valence-corrected chi connectivity index (χ2v) is 9.38. The summed E-state index contributed by atoms with van der Waals surface area (Å²) in [6, 6.07) is 9.87. The molecule has 1 amide bonds. The molecule has 0 radical (unpaired) electrons. The van der Waals surface area contributed by atoms with Crippen LogP contribution in [0.4, 0.5) is 0 Å². The number of amides is 1. The lowest BCUT2D eigenvalue weighted by atomic mass is 10.1. The van der Waals surface area contributed by atoms with E-state index in [2.05, 4.69) is 0 Å². The Balaban J connectivity index is 1.55. The summed E-state index contributed by atoms with van der Waals surface area (Å²) in [6.07, 6.45) is 0.297. The molecule has 1 aromatic heterocycles. The smallest absolute Gasteiger partial charge is 0.244 e. The first-order chi connectivity index (χ1) is 12.9. The minimum Gasteiger partial charge on any atom is -0.340 e. The summed E-state index contributed by atoms with van der Waals surface area (Å²) in [5.41, 5.74) is 0. The average molecular weight is 427 g/mol. The van der Waals surface area contributed by atoms with Crippen LogP contribution in [0.5, 0.6) is 0 Å². The predicted molar refractivity (Wildman–Crippen MR) is 105 cm³/mol. The monoisotopic (exact) mass is 426 g/mol. The van der Waals surface area contributed by atoms with Gasteiger partial charge in [0.15, 0.2) is 5.78 Å². The maximum atomic E-state index is 12.7. The van der Waals surface area contributed by atoms with Crippen LogP contribution in [0.1, 0.15) is 22.5 Å². The van der Waals surface area contributed by atoms with Crippen LogP contribution in [-0.2, 0) is 14.8 Å². The van der Waals surface area contributed by atoms with E-state index in [4.69, 9.17) is 11.6 Å². The molecule has 1 fully saturated rings. The van der Waals surface area contributed by atoms with Gasteiger partial charge in [0, 0.05) is 39.0 Å². The van der Waals surface area contributed by atoms with Gasteiger partial charge in [-0.1, -0.05) is 29.8 Å². The van der Waals surface area contributed by atoms with Crippen molar-refractivity contribution in [3.05, 3.63) is 51.7 Å². The molecule has 2 aromatic rings. The molecule has 27 heavy (non-hydrogen) atoms. The van der Waals surface area contributed by atoms with Crippen molar-refractivity contribution in [1.82, 2.24) is 9.21 Å². The van der Waals surface area contributed by atoms with E-state index in [9.17, 15) is 18.0 Å². The highest BCUT2D eigenvalue weighted by Crippen LogP contribution is 2.25. The molecule has 1 aliphatic heterocycles. The van der Waals surface area contributed by atoms with Gasteiger partial charge in [0.05, 0.1) is 9.90 Å². The van der Waals surface area contributed by atoms with Gasteiger partial charge in [-0.25, -0.2) is 8.42 Å². The third kappa shape index (κ3) is 4.57. The van der Waals surface area contributed by atoms with Crippen molar-refractivity contribution in [3.8, 4) is 0 Å². The third-order valence-electron chi connectivity index (χ3n) is 4.41. The molecule has 1 aliphatic rings. The van der Waals surface area contributed by atoms with Gasteiger partial charge in [-0.15, -0.1) is 11.3 Å². The number of ketones is 1. The number of Topliss-reactive ketones (excluding diaryl/α,β-unsaturated/α-hetero) is 1. The van der Waals surface area contributed by atoms with E-state index < -0.39 is 10.0 Å². The molecule has 0 atom stereocenters. The number of carbonyl (C=O) groups excluding carboxylic acids is 2. The number of thiophene rings is 1. The summed E-state index contributed by atoms with van der Waals surface area (Å²) >= 11 is 7.38. The van der Waals surface area contributed by atoms with Gasteiger partial charge >= 0.3 is 0 Å². The fourth-order valence-electron chi connectivity index (χ4n) is 2.91. The maximum Gasteiger partial charge on any atom is 0.244 e. The Morgan fingerprint density at radius 3 is 2.33 bits per heavy atom. The number of hydrogen-bond acceptors (Lipinski definition) is 5. The van der Waals surface area contributed by atoms with Crippen LogP contribution in [0.25, 0.3) is 0 Å². The largest absolute Gasteiger partial charge is 0.340 e. The molecule has 9 heteroatoms. The van der Waals surface area contributed by atoms with Crippen LogP contribution in [-0.4, -0.2) is 55.5 Å². The Morgan fingerprint density at radius 1 is 1.00 bits per heavy atom. The summed E-state index contributed by atoms with van der Waals surface area (Å²) < 4.78 is 26.8. The molecule has 0 spiro atoms. The molecule has 0 aliphatic carbocycles. The van der Waals surface area contributed by atoms with Gasteiger partial charge in [0.2, 0.25) is 15.9 Å². The van der Waals surface area contributed by atoms with E-state index in [0.29, 0.717) is 18.0 Å². The van der Waals surface area contributed by atoms with E-state index >= 15 is 0 Å². The number of rotatable bonds is 6. The fraction of sp³-hybridized carbons (Fsp3) is 0.333. The fourth-order valence-corrected chi connectivity index (χ4v) is 5.52. The average Bonchev–Trinajstić information content (AvgIpc) is 3.21. The zero-order valence-electron chi connectivity index (χ0n) is 14.5. The Hall–Kier alpha value is -1.74. The topological polar surface area (TPSA) is 74.8 Å². The van der Waals surface area contributed by atoms with Gasteiger partial charge in [-0.3, -0.25) is 9.59 Å². The van der Waals surface area contributed by atoms with Crippen molar-refractivity contribution in [2.75, 3.05) is 26.2 Å². The molecule has 0 unspecified atom stereocenters. The summed E-state index contributed by atoms with van der Waals surface area (Å²) in [7, 11) is -3.69. The molecule has 0 bridgehead atoms. The molecule has 0 N–H and O–H groups in total. The summed E-state index contributed by atoms with van der Waals surface area (Å²) in [4.78, 5) is 26.7. The molecular formula is C18H19ClN2O4S2. The van der Waals surface area contributed by atoms with E-state index in [1.807, 2.05) is 5.38 Å². The minimum atomic E-state index is -3.69.